The molecule has 11 heteroatoms. The van der Waals surface area contributed by atoms with Crippen LogP contribution in [0.1, 0.15) is 36.2 Å². The lowest BCUT2D eigenvalue weighted by atomic mass is 10.1. The summed E-state index contributed by atoms with van der Waals surface area (Å²) >= 11 is 0. The number of nitrogens with zero attached hydrogens (tertiary/aromatic N) is 5. The van der Waals surface area contributed by atoms with Gasteiger partial charge >= 0.3 is 5.97 Å². The Kier molecular flexibility index (Phi) is 6.86. The molecule has 2 aromatic heterocycles. The van der Waals surface area contributed by atoms with Crippen LogP contribution in [0.25, 0.3) is 11.2 Å². The molecule has 0 saturated heterocycles. The lowest BCUT2D eigenvalue weighted by molar-refractivity contribution is 0.0495. The number of esters is 1. The van der Waals surface area contributed by atoms with Crippen molar-refractivity contribution in [3.05, 3.63) is 42.0 Å². The molecule has 0 atom stereocenters. The number of rotatable bonds is 9. The van der Waals surface area contributed by atoms with Crippen LogP contribution >= 0.6 is 0 Å². The first kappa shape index (κ1) is 22.6. The Balaban J connectivity index is 1.66. The highest BCUT2D eigenvalue weighted by Gasteiger charge is 2.23. The molecule has 0 fully saturated rings. The van der Waals surface area contributed by atoms with E-state index in [2.05, 4.69) is 15.0 Å². The van der Waals surface area contributed by atoms with Crippen LogP contribution in [-0.4, -0.2) is 57.9 Å². The van der Waals surface area contributed by atoms with Crippen molar-refractivity contribution in [1.29, 1.82) is 0 Å². The maximum absolute atomic E-state index is 12.7. The van der Waals surface area contributed by atoms with Crippen molar-refractivity contribution >= 4 is 33.0 Å². The standard InChI is InChI=1S/C20H26N6O4S/c1-4-26(5-2)31(28,29)15-8-7-14(3)16(11-15)20(27)30-10-6-9-25-13-24-17-18(21)22-12-23-19(17)25/h7-8,11-13H,4-6,9-10H2,1-3H3,(H2,21,22,23). The predicted molar refractivity (Wildman–Crippen MR) is 116 cm³/mol. The summed E-state index contributed by atoms with van der Waals surface area (Å²) < 4.78 is 34.0. The molecule has 0 bridgehead atoms. The zero-order valence-electron chi connectivity index (χ0n) is 17.8. The minimum Gasteiger partial charge on any atom is -0.462 e. The van der Waals surface area contributed by atoms with Gasteiger partial charge in [-0.15, -0.1) is 0 Å². The first-order valence-corrected chi connectivity index (χ1v) is 11.4. The summed E-state index contributed by atoms with van der Waals surface area (Å²) in [4.78, 5) is 24.9. The fraction of sp³-hybridized carbons (Fsp3) is 0.400. The summed E-state index contributed by atoms with van der Waals surface area (Å²) in [6, 6.07) is 4.51. The van der Waals surface area contributed by atoms with Crippen LogP contribution in [0.5, 0.6) is 0 Å². The van der Waals surface area contributed by atoms with Crippen LogP contribution < -0.4 is 5.73 Å². The molecule has 1 aromatic carbocycles. The van der Waals surface area contributed by atoms with Gasteiger partial charge in [0, 0.05) is 19.6 Å². The van der Waals surface area contributed by atoms with Gasteiger partial charge in [-0.3, -0.25) is 0 Å². The minimum absolute atomic E-state index is 0.0795. The highest BCUT2D eigenvalue weighted by atomic mass is 32.2. The van der Waals surface area contributed by atoms with Gasteiger partial charge in [0.15, 0.2) is 11.5 Å². The molecule has 2 N–H and O–H groups in total. The fourth-order valence-corrected chi connectivity index (χ4v) is 4.72. The number of sulfonamides is 1. The molecule has 0 aliphatic heterocycles. The molecular weight excluding hydrogens is 420 g/mol. The van der Waals surface area contributed by atoms with Crippen molar-refractivity contribution in [3.8, 4) is 0 Å². The third kappa shape index (κ3) is 4.67. The molecule has 3 rings (SSSR count). The Morgan fingerprint density at radius 3 is 2.65 bits per heavy atom. The Labute approximate surface area is 181 Å². The molecule has 0 spiro atoms. The lowest BCUT2D eigenvalue weighted by Gasteiger charge is -2.19. The lowest BCUT2D eigenvalue weighted by Crippen LogP contribution is -2.30. The number of benzene rings is 1. The first-order valence-electron chi connectivity index (χ1n) is 9.98. The molecule has 0 radical (unpaired) electrons. The summed E-state index contributed by atoms with van der Waals surface area (Å²) in [5, 5.41) is 0. The first-order chi connectivity index (χ1) is 14.8. The van der Waals surface area contributed by atoms with Crippen LogP contribution in [-0.2, 0) is 21.3 Å². The molecule has 0 saturated carbocycles. The quantitative estimate of drug-likeness (QED) is 0.390. The van der Waals surface area contributed by atoms with E-state index in [1.54, 1.807) is 33.2 Å². The van der Waals surface area contributed by atoms with E-state index in [0.29, 0.717) is 48.6 Å². The van der Waals surface area contributed by atoms with Crippen molar-refractivity contribution in [2.24, 2.45) is 0 Å². The van der Waals surface area contributed by atoms with Gasteiger partial charge in [-0.1, -0.05) is 19.9 Å². The number of anilines is 1. The Hall–Kier alpha value is -3.05. The SMILES string of the molecule is CCN(CC)S(=O)(=O)c1ccc(C)c(C(=O)OCCCn2cnc3c(N)ncnc32)c1. The molecule has 0 aliphatic rings. The minimum atomic E-state index is -3.66. The van der Waals surface area contributed by atoms with Crippen molar-refractivity contribution < 1.29 is 17.9 Å². The zero-order chi connectivity index (χ0) is 22.6. The maximum atomic E-state index is 12.7. The van der Waals surface area contributed by atoms with Crippen LogP contribution in [0, 0.1) is 6.92 Å². The molecule has 2 heterocycles. The zero-order valence-corrected chi connectivity index (χ0v) is 18.6. The average molecular weight is 447 g/mol. The van der Waals surface area contributed by atoms with Crippen molar-refractivity contribution in [2.75, 3.05) is 25.4 Å². The molecule has 31 heavy (non-hydrogen) atoms. The van der Waals surface area contributed by atoms with Gasteiger partial charge < -0.3 is 15.0 Å². The van der Waals surface area contributed by atoms with Gasteiger partial charge in [0.2, 0.25) is 10.0 Å². The molecule has 10 nitrogen and oxygen atoms in total. The predicted octanol–water partition coefficient (Wildman–Crippen LogP) is 1.99. The maximum Gasteiger partial charge on any atom is 0.338 e. The van der Waals surface area contributed by atoms with Gasteiger partial charge in [-0.05, 0) is 31.0 Å². The van der Waals surface area contributed by atoms with E-state index in [0.717, 1.165) is 0 Å². The summed E-state index contributed by atoms with van der Waals surface area (Å²) in [7, 11) is -3.66. The van der Waals surface area contributed by atoms with E-state index < -0.39 is 16.0 Å². The summed E-state index contributed by atoms with van der Waals surface area (Å²) in [6.45, 7) is 6.67. The van der Waals surface area contributed by atoms with E-state index in [9.17, 15) is 13.2 Å². The van der Waals surface area contributed by atoms with E-state index in [4.69, 9.17) is 10.5 Å². The van der Waals surface area contributed by atoms with E-state index in [-0.39, 0.29) is 17.1 Å². The number of hydrogen-bond donors (Lipinski definition) is 1. The normalized spacial score (nSPS) is 11.9. The van der Waals surface area contributed by atoms with Gasteiger partial charge in [-0.25, -0.2) is 28.2 Å². The van der Waals surface area contributed by atoms with Crippen LogP contribution in [0.2, 0.25) is 0 Å². The number of carbonyl (C=O) groups is 1. The molecular formula is C20H26N6O4S. The van der Waals surface area contributed by atoms with Gasteiger partial charge in [-0.2, -0.15) is 4.31 Å². The highest BCUT2D eigenvalue weighted by Crippen LogP contribution is 2.20. The Morgan fingerprint density at radius 1 is 1.19 bits per heavy atom. The number of ether oxygens (including phenoxy) is 1. The van der Waals surface area contributed by atoms with Crippen molar-refractivity contribution in [3.63, 3.8) is 0 Å². The number of aryl methyl sites for hydroxylation is 2. The summed E-state index contributed by atoms with van der Waals surface area (Å²) in [5.41, 5.74) is 7.81. The summed E-state index contributed by atoms with van der Waals surface area (Å²) in [5.74, 6) is -0.249. The van der Waals surface area contributed by atoms with Crippen molar-refractivity contribution in [1.82, 2.24) is 23.8 Å². The van der Waals surface area contributed by atoms with Gasteiger partial charge in [0.1, 0.15) is 11.8 Å². The number of imidazole rings is 1. The largest absolute Gasteiger partial charge is 0.462 e. The van der Waals surface area contributed by atoms with E-state index >= 15 is 0 Å². The Bertz CT molecular complexity index is 1190. The molecule has 0 unspecified atom stereocenters. The second kappa shape index (κ2) is 9.40. The third-order valence-corrected chi connectivity index (χ3v) is 7.02. The van der Waals surface area contributed by atoms with E-state index in [1.807, 2.05) is 4.57 Å². The topological polar surface area (TPSA) is 133 Å². The highest BCUT2D eigenvalue weighted by molar-refractivity contribution is 7.89. The number of carbonyl (C=O) groups excluding carboxylic acids is 1. The van der Waals surface area contributed by atoms with Crippen LogP contribution in [0.4, 0.5) is 5.82 Å². The van der Waals surface area contributed by atoms with Crippen molar-refractivity contribution in [2.45, 2.75) is 38.6 Å². The van der Waals surface area contributed by atoms with E-state index in [1.165, 1.54) is 22.8 Å². The molecule has 0 amide bonds. The fourth-order valence-electron chi connectivity index (χ4n) is 3.23. The Morgan fingerprint density at radius 2 is 1.94 bits per heavy atom. The molecule has 166 valence electrons. The smallest absolute Gasteiger partial charge is 0.338 e. The second-order valence-electron chi connectivity index (χ2n) is 6.92. The number of hydrogen-bond acceptors (Lipinski definition) is 8. The average Bonchev–Trinajstić information content (AvgIpc) is 3.16. The number of nitrogens with two attached hydrogens (primary N) is 1. The van der Waals surface area contributed by atoms with Gasteiger partial charge in [0.25, 0.3) is 0 Å². The third-order valence-electron chi connectivity index (χ3n) is 4.98. The number of fused-ring (bicyclic) bond motifs is 1. The van der Waals surface area contributed by atoms with Crippen LogP contribution in [0.15, 0.2) is 35.7 Å². The molecule has 0 aliphatic carbocycles. The second-order valence-corrected chi connectivity index (χ2v) is 8.86. The van der Waals surface area contributed by atoms with Gasteiger partial charge in [0.05, 0.1) is 23.4 Å². The number of nitrogen functional groups attached to an aromatic ring is 1. The number of aromatic nitrogens is 4. The molecule has 3 aromatic rings. The van der Waals surface area contributed by atoms with Crippen LogP contribution in [0.3, 0.4) is 0 Å². The monoisotopic (exact) mass is 446 g/mol. The summed E-state index contributed by atoms with van der Waals surface area (Å²) in [6.07, 6.45) is 3.51.